The Hall–Kier alpha value is -3.65. The lowest BCUT2D eigenvalue weighted by Gasteiger charge is -2.32. The van der Waals surface area contributed by atoms with Gasteiger partial charge in [0, 0.05) is 34.0 Å². The van der Waals surface area contributed by atoms with Gasteiger partial charge in [0.05, 0.1) is 48.7 Å². The number of nitrogens with zero attached hydrogens (tertiary/aromatic N) is 3. The molecule has 12 nitrogen and oxygen atoms in total. The lowest BCUT2D eigenvalue weighted by atomic mass is 9.75. The average molecular weight is 620 g/mol. The first-order chi connectivity index (χ1) is 19.9. The molecule has 0 spiro atoms. The molecule has 2 atom stereocenters. The number of hydrogen-bond donors (Lipinski definition) is 1. The fourth-order valence-electron chi connectivity index (χ4n) is 5.40. The van der Waals surface area contributed by atoms with Crippen molar-refractivity contribution in [1.82, 2.24) is 4.31 Å². The number of carbonyl (C=O) groups excluding carboxylic acids is 2. The van der Waals surface area contributed by atoms with Gasteiger partial charge in [-0.15, -0.1) is 0 Å². The van der Waals surface area contributed by atoms with Crippen LogP contribution in [0.5, 0.6) is 0 Å². The summed E-state index contributed by atoms with van der Waals surface area (Å²) in [5, 5.41) is 12.3. The van der Waals surface area contributed by atoms with Crippen molar-refractivity contribution in [2.75, 3.05) is 46.4 Å². The summed E-state index contributed by atoms with van der Waals surface area (Å²) in [5.74, 6) is -3.49. The van der Waals surface area contributed by atoms with E-state index in [0.717, 1.165) is 4.90 Å². The second kappa shape index (κ2) is 13.1. The number of nitrogens with one attached hydrogen (secondary N) is 1. The van der Waals surface area contributed by atoms with E-state index >= 15 is 0 Å². The SMILES string of the molecule is COC(=O)C1C(C)=NC(C)=C(C(=O)OCC[NH+]2CCN(S(=O)(=O)c3ccc(Cl)cc3)CC2)[C@H]1c1ccccc1[N+](=O)[O-]. The number of hydrogen-bond acceptors (Lipinski definition) is 9. The number of sulfonamides is 1. The van der Waals surface area contributed by atoms with Gasteiger partial charge in [-0.3, -0.25) is 19.9 Å². The normalized spacial score (nSPS) is 20.1. The van der Waals surface area contributed by atoms with Gasteiger partial charge < -0.3 is 14.4 Å². The Morgan fingerprint density at radius 1 is 1.12 bits per heavy atom. The van der Waals surface area contributed by atoms with Crippen LogP contribution < -0.4 is 4.90 Å². The molecule has 2 aromatic rings. The highest BCUT2D eigenvalue weighted by Crippen LogP contribution is 2.43. The largest absolute Gasteiger partial charge is 0.468 e. The molecule has 0 saturated carbocycles. The molecule has 224 valence electrons. The predicted molar refractivity (Wildman–Crippen MR) is 154 cm³/mol. The molecule has 0 amide bonds. The Bertz CT molecular complexity index is 1530. The van der Waals surface area contributed by atoms with E-state index in [1.807, 2.05) is 0 Å². The summed E-state index contributed by atoms with van der Waals surface area (Å²) >= 11 is 5.88. The zero-order chi connectivity index (χ0) is 30.6. The minimum absolute atomic E-state index is 0.0179. The molecule has 0 aromatic heterocycles. The monoisotopic (exact) mass is 619 g/mol. The first-order valence-electron chi connectivity index (χ1n) is 13.3. The quantitative estimate of drug-likeness (QED) is 0.254. The van der Waals surface area contributed by atoms with Crippen LogP contribution in [0.1, 0.15) is 25.3 Å². The zero-order valence-electron chi connectivity index (χ0n) is 23.4. The number of esters is 2. The van der Waals surface area contributed by atoms with E-state index < -0.39 is 38.7 Å². The molecule has 1 saturated heterocycles. The van der Waals surface area contributed by atoms with Gasteiger partial charge in [0.1, 0.15) is 19.1 Å². The summed E-state index contributed by atoms with van der Waals surface area (Å²) in [6.07, 6.45) is 0. The topological polar surface area (TPSA) is 150 Å². The van der Waals surface area contributed by atoms with Crippen molar-refractivity contribution >= 4 is 45.0 Å². The standard InChI is InChI=1S/C28H31ClN4O8S/c1-18-24(27(34)40-3)26(22-6-4-5-7-23(22)33(36)37)25(19(2)30-18)28(35)41-17-16-31-12-14-32(15-13-31)42(38,39)21-10-8-20(29)9-11-21/h4-11,24,26H,12-17H2,1-3H3/p+1/t24?,26-/m0/s1. The summed E-state index contributed by atoms with van der Waals surface area (Å²) in [5.41, 5.74) is 0.672. The van der Waals surface area contributed by atoms with Crippen molar-refractivity contribution < 1.29 is 37.3 Å². The highest BCUT2D eigenvalue weighted by Gasteiger charge is 2.44. The number of benzene rings is 2. The van der Waals surface area contributed by atoms with Gasteiger partial charge in [-0.2, -0.15) is 4.31 Å². The molecule has 1 unspecified atom stereocenters. The fourth-order valence-corrected chi connectivity index (χ4v) is 6.97. The van der Waals surface area contributed by atoms with Crippen LogP contribution >= 0.6 is 11.6 Å². The van der Waals surface area contributed by atoms with Crippen LogP contribution in [0.2, 0.25) is 5.02 Å². The number of nitro groups is 1. The number of carbonyl (C=O) groups is 2. The summed E-state index contributed by atoms with van der Waals surface area (Å²) < 4.78 is 38.0. The molecule has 4 rings (SSSR count). The van der Waals surface area contributed by atoms with E-state index in [0.29, 0.717) is 49.2 Å². The van der Waals surface area contributed by atoms with Gasteiger partial charge in [-0.25, -0.2) is 13.2 Å². The number of aliphatic imine (C=N–C) groups is 1. The predicted octanol–water partition coefficient (Wildman–Crippen LogP) is 2.00. The van der Waals surface area contributed by atoms with Gasteiger partial charge in [0.25, 0.3) is 5.69 Å². The lowest BCUT2D eigenvalue weighted by molar-refractivity contribution is -0.903. The third-order valence-electron chi connectivity index (χ3n) is 7.54. The molecular formula is C28H32ClN4O8S+. The molecule has 0 aliphatic carbocycles. The van der Waals surface area contributed by atoms with Gasteiger partial charge in [0.2, 0.25) is 10.0 Å². The molecule has 1 N–H and O–H groups in total. The smallest absolute Gasteiger partial charge is 0.336 e. The molecule has 0 radical (unpaired) electrons. The summed E-state index contributed by atoms with van der Waals surface area (Å²) in [4.78, 5) is 43.2. The zero-order valence-corrected chi connectivity index (χ0v) is 25.0. The van der Waals surface area contributed by atoms with E-state index in [2.05, 4.69) is 4.99 Å². The van der Waals surface area contributed by atoms with Crippen molar-refractivity contribution in [3.63, 3.8) is 0 Å². The Labute approximate surface area is 248 Å². The molecule has 2 aliphatic rings. The van der Waals surface area contributed by atoms with Crippen LogP contribution in [0, 0.1) is 16.0 Å². The molecular weight excluding hydrogens is 588 g/mol. The van der Waals surface area contributed by atoms with Crippen LogP contribution in [0.3, 0.4) is 0 Å². The van der Waals surface area contributed by atoms with Crippen LogP contribution in [0.25, 0.3) is 0 Å². The van der Waals surface area contributed by atoms with Gasteiger partial charge in [-0.1, -0.05) is 29.8 Å². The molecule has 2 heterocycles. The van der Waals surface area contributed by atoms with Crippen LogP contribution in [0.15, 0.2) is 69.7 Å². The van der Waals surface area contributed by atoms with Crippen molar-refractivity contribution in [3.8, 4) is 0 Å². The average Bonchev–Trinajstić information content (AvgIpc) is 2.96. The molecule has 42 heavy (non-hydrogen) atoms. The number of piperazine rings is 1. The van der Waals surface area contributed by atoms with E-state index in [-0.39, 0.29) is 28.3 Å². The molecule has 1 fully saturated rings. The van der Waals surface area contributed by atoms with E-state index in [4.69, 9.17) is 21.1 Å². The fraction of sp³-hybridized carbons (Fsp3) is 0.393. The number of para-hydroxylation sites is 1. The van der Waals surface area contributed by atoms with Crippen LogP contribution in [-0.4, -0.2) is 81.7 Å². The van der Waals surface area contributed by atoms with E-state index in [9.17, 15) is 28.1 Å². The van der Waals surface area contributed by atoms with E-state index in [1.165, 1.54) is 53.9 Å². The number of quaternary nitrogens is 1. The molecule has 2 aliphatic heterocycles. The molecule has 14 heteroatoms. The summed E-state index contributed by atoms with van der Waals surface area (Å²) in [7, 11) is -2.44. The van der Waals surface area contributed by atoms with Crippen LogP contribution in [-0.2, 0) is 29.1 Å². The second-order valence-corrected chi connectivity index (χ2v) is 12.4. The minimum atomic E-state index is -3.65. The number of rotatable bonds is 9. The first-order valence-corrected chi connectivity index (χ1v) is 15.1. The number of allylic oxidation sites excluding steroid dienone is 1. The number of ether oxygens (including phenoxy) is 2. The maximum absolute atomic E-state index is 13.5. The molecule has 0 bridgehead atoms. The van der Waals surface area contributed by atoms with Crippen molar-refractivity contribution in [3.05, 3.63) is 80.5 Å². The van der Waals surface area contributed by atoms with Gasteiger partial charge >= 0.3 is 11.9 Å². The van der Waals surface area contributed by atoms with Crippen molar-refractivity contribution in [2.24, 2.45) is 10.9 Å². The second-order valence-electron chi connectivity index (χ2n) is 10.0. The van der Waals surface area contributed by atoms with Gasteiger partial charge in [0.15, 0.2) is 0 Å². The van der Waals surface area contributed by atoms with Gasteiger partial charge in [-0.05, 0) is 38.1 Å². The third-order valence-corrected chi connectivity index (χ3v) is 9.71. The number of nitro benzene ring substituents is 1. The third kappa shape index (κ3) is 6.54. The van der Waals surface area contributed by atoms with Crippen molar-refractivity contribution in [2.45, 2.75) is 24.7 Å². The minimum Gasteiger partial charge on any atom is -0.468 e. The number of halogens is 1. The Morgan fingerprint density at radius 3 is 2.38 bits per heavy atom. The first kappa shape index (κ1) is 31.3. The summed E-state index contributed by atoms with van der Waals surface area (Å²) in [6, 6.07) is 12.0. The van der Waals surface area contributed by atoms with Crippen LogP contribution in [0.4, 0.5) is 5.69 Å². The number of methoxy groups -OCH3 is 1. The van der Waals surface area contributed by atoms with E-state index in [1.54, 1.807) is 19.9 Å². The summed E-state index contributed by atoms with van der Waals surface area (Å²) in [6.45, 7) is 5.28. The Balaban J connectivity index is 1.45. The Kier molecular flexibility index (Phi) is 9.77. The highest BCUT2D eigenvalue weighted by molar-refractivity contribution is 7.89. The maximum Gasteiger partial charge on any atom is 0.336 e. The highest BCUT2D eigenvalue weighted by atomic mass is 35.5. The van der Waals surface area contributed by atoms with Crippen molar-refractivity contribution in [1.29, 1.82) is 0 Å². The maximum atomic E-state index is 13.5. The molecule has 2 aromatic carbocycles. The lowest BCUT2D eigenvalue weighted by Crippen LogP contribution is -3.15. The Morgan fingerprint density at radius 2 is 1.76 bits per heavy atom.